The third-order valence-electron chi connectivity index (χ3n) is 4.10. The molecule has 132 valence electrons. The summed E-state index contributed by atoms with van der Waals surface area (Å²) in [5.74, 6) is 5.95. The fraction of sp³-hybridized carbons (Fsp3) is 0.0455. The van der Waals surface area contributed by atoms with Crippen molar-refractivity contribution in [1.82, 2.24) is 9.97 Å². The van der Waals surface area contributed by atoms with E-state index in [1.165, 1.54) is 6.07 Å². The molecule has 0 spiro atoms. The Balaban J connectivity index is 1.65. The predicted molar refractivity (Wildman–Crippen MR) is 99.0 cm³/mol. The average molecular weight is 362 g/mol. The standard InChI is InChI=1S/C22H13F3N2/c23-22(24,25)18-8-4-5-15(13-18)9-12-21-26-19-11-10-17(14-20(19)27-21)16-6-2-1-3-7-16/h1-8,10-11,13-14H,(H,26,27). The van der Waals surface area contributed by atoms with Gasteiger partial charge in [0, 0.05) is 5.56 Å². The van der Waals surface area contributed by atoms with E-state index in [0.717, 1.165) is 34.3 Å². The summed E-state index contributed by atoms with van der Waals surface area (Å²) in [6, 6.07) is 20.7. The van der Waals surface area contributed by atoms with Gasteiger partial charge in [0.25, 0.3) is 0 Å². The van der Waals surface area contributed by atoms with Gasteiger partial charge in [0.2, 0.25) is 0 Å². The second-order valence-electron chi connectivity index (χ2n) is 6.01. The lowest BCUT2D eigenvalue weighted by molar-refractivity contribution is -0.137. The van der Waals surface area contributed by atoms with Crippen LogP contribution >= 0.6 is 0 Å². The first kappa shape index (κ1) is 16.9. The number of hydrogen-bond acceptors (Lipinski definition) is 1. The number of fused-ring (bicyclic) bond motifs is 1. The molecule has 3 aromatic carbocycles. The van der Waals surface area contributed by atoms with Gasteiger partial charge in [0.1, 0.15) is 0 Å². The highest BCUT2D eigenvalue weighted by atomic mass is 19.4. The minimum absolute atomic E-state index is 0.287. The lowest BCUT2D eigenvalue weighted by Crippen LogP contribution is -2.04. The van der Waals surface area contributed by atoms with Crippen molar-refractivity contribution in [3.05, 3.63) is 89.7 Å². The lowest BCUT2D eigenvalue weighted by Gasteiger charge is -2.05. The highest BCUT2D eigenvalue weighted by molar-refractivity contribution is 5.82. The first-order valence-electron chi connectivity index (χ1n) is 8.23. The molecule has 1 aromatic heterocycles. The van der Waals surface area contributed by atoms with Crippen LogP contribution in [0.4, 0.5) is 13.2 Å². The Morgan fingerprint density at radius 3 is 2.37 bits per heavy atom. The fourth-order valence-electron chi connectivity index (χ4n) is 2.78. The van der Waals surface area contributed by atoms with E-state index < -0.39 is 11.7 Å². The quantitative estimate of drug-likeness (QED) is 0.436. The average Bonchev–Trinajstić information content (AvgIpc) is 3.09. The molecule has 0 saturated heterocycles. The maximum Gasteiger partial charge on any atom is 0.416 e. The summed E-state index contributed by atoms with van der Waals surface area (Å²) < 4.78 is 38.3. The van der Waals surface area contributed by atoms with E-state index in [-0.39, 0.29) is 5.56 Å². The SMILES string of the molecule is FC(F)(F)c1cccc(C#Cc2nc3ccc(-c4ccccc4)cc3[nH]2)c1. The Morgan fingerprint density at radius 1 is 0.778 bits per heavy atom. The van der Waals surface area contributed by atoms with Crippen LogP contribution in [0.5, 0.6) is 0 Å². The Labute approximate surface area is 153 Å². The number of imidazole rings is 1. The van der Waals surface area contributed by atoms with Gasteiger partial charge in [0.15, 0.2) is 5.82 Å². The van der Waals surface area contributed by atoms with Crippen LogP contribution in [-0.4, -0.2) is 9.97 Å². The van der Waals surface area contributed by atoms with E-state index >= 15 is 0 Å². The van der Waals surface area contributed by atoms with Crippen molar-refractivity contribution < 1.29 is 13.2 Å². The van der Waals surface area contributed by atoms with Crippen molar-refractivity contribution in [2.24, 2.45) is 0 Å². The highest BCUT2D eigenvalue weighted by Gasteiger charge is 2.30. The number of aromatic amines is 1. The van der Waals surface area contributed by atoms with Crippen molar-refractivity contribution in [1.29, 1.82) is 0 Å². The third kappa shape index (κ3) is 3.70. The number of alkyl halides is 3. The van der Waals surface area contributed by atoms with Gasteiger partial charge < -0.3 is 4.98 Å². The first-order valence-corrected chi connectivity index (χ1v) is 8.23. The minimum Gasteiger partial charge on any atom is -0.331 e. The van der Waals surface area contributed by atoms with Gasteiger partial charge in [-0.25, -0.2) is 4.98 Å². The molecule has 1 heterocycles. The van der Waals surface area contributed by atoms with Crippen LogP contribution in [0.3, 0.4) is 0 Å². The summed E-state index contributed by atoms with van der Waals surface area (Å²) in [7, 11) is 0. The first-order chi connectivity index (χ1) is 13.0. The van der Waals surface area contributed by atoms with Crippen LogP contribution in [0.25, 0.3) is 22.2 Å². The second kappa shape index (κ2) is 6.65. The van der Waals surface area contributed by atoms with Gasteiger partial charge in [-0.3, -0.25) is 0 Å². The van der Waals surface area contributed by atoms with Crippen molar-refractivity contribution in [3.63, 3.8) is 0 Å². The summed E-state index contributed by atoms with van der Waals surface area (Å²) >= 11 is 0. The molecule has 0 aliphatic carbocycles. The molecule has 27 heavy (non-hydrogen) atoms. The van der Waals surface area contributed by atoms with Crippen LogP contribution in [0.2, 0.25) is 0 Å². The summed E-state index contributed by atoms with van der Waals surface area (Å²) in [4.78, 5) is 7.50. The van der Waals surface area contributed by atoms with E-state index in [1.807, 2.05) is 48.5 Å². The van der Waals surface area contributed by atoms with Gasteiger partial charge in [-0.05, 0) is 47.4 Å². The van der Waals surface area contributed by atoms with Crippen molar-refractivity contribution >= 4 is 11.0 Å². The van der Waals surface area contributed by atoms with Crippen molar-refractivity contribution in [2.75, 3.05) is 0 Å². The molecule has 5 heteroatoms. The highest BCUT2D eigenvalue weighted by Crippen LogP contribution is 2.29. The monoisotopic (exact) mass is 362 g/mol. The molecule has 0 radical (unpaired) electrons. The van der Waals surface area contributed by atoms with Crippen molar-refractivity contribution in [2.45, 2.75) is 6.18 Å². The Bertz CT molecular complexity index is 1160. The van der Waals surface area contributed by atoms with Crippen LogP contribution < -0.4 is 0 Å². The van der Waals surface area contributed by atoms with E-state index in [4.69, 9.17) is 0 Å². The molecule has 0 aliphatic heterocycles. The molecular weight excluding hydrogens is 349 g/mol. The lowest BCUT2D eigenvalue weighted by atomic mass is 10.1. The number of nitrogens with zero attached hydrogens (tertiary/aromatic N) is 1. The largest absolute Gasteiger partial charge is 0.416 e. The van der Waals surface area contributed by atoms with Gasteiger partial charge >= 0.3 is 6.18 Å². The van der Waals surface area contributed by atoms with E-state index in [9.17, 15) is 13.2 Å². The molecule has 0 amide bonds. The number of rotatable bonds is 1. The fourth-order valence-corrected chi connectivity index (χ4v) is 2.78. The number of nitrogens with one attached hydrogen (secondary N) is 1. The second-order valence-corrected chi connectivity index (χ2v) is 6.01. The molecule has 2 nitrogen and oxygen atoms in total. The summed E-state index contributed by atoms with van der Waals surface area (Å²) in [5.41, 5.74) is 3.28. The van der Waals surface area contributed by atoms with Gasteiger partial charge in [0.05, 0.1) is 16.6 Å². The summed E-state index contributed by atoms with van der Waals surface area (Å²) in [5, 5.41) is 0. The number of H-pyrrole nitrogens is 1. The molecule has 0 saturated carbocycles. The number of benzene rings is 3. The molecule has 0 aliphatic rings. The Morgan fingerprint density at radius 2 is 1.59 bits per heavy atom. The van der Waals surface area contributed by atoms with E-state index in [1.54, 1.807) is 6.07 Å². The molecule has 0 unspecified atom stereocenters. The predicted octanol–water partition coefficient (Wildman–Crippen LogP) is 5.65. The van der Waals surface area contributed by atoms with Crippen LogP contribution in [0.1, 0.15) is 17.0 Å². The van der Waals surface area contributed by atoms with Crippen LogP contribution in [-0.2, 0) is 6.18 Å². The normalized spacial score (nSPS) is 11.2. The smallest absolute Gasteiger partial charge is 0.331 e. The minimum atomic E-state index is -4.38. The summed E-state index contributed by atoms with van der Waals surface area (Å²) in [6.45, 7) is 0. The molecule has 1 N–H and O–H groups in total. The van der Waals surface area contributed by atoms with Crippen LogP contribution in [0.15, 0.2) is 72.8 Å². The van der Waals surface area contributed by atoms with Crippen molar-refractivity contribution in [3.8, 4) is 23.0 Å². The third-order valence-corrected chi connectivity index (χ3v) is 4.10. The van der Waals surface area contributed by atoms with Crippen LogP contribution in [0, 0.1) is 11.8 Å². The molecule has 0 fully saturated rings. The topological polar surface area (TPSA) is 28.7 Å². The summed E-state index contributed by atoms with van der Waals surface area (Å²) in [6.07, 6.45) is -4.38. The maximum absolute atomic E-state index is 12.8. The molecule has 4 rings (SSSR count). The van der Waals surface area contributed by atoms with Gasteiger partial charge in [-0.15, -0.1) is 0 Å². The molecular formula is C22H13F3N2. The van der Waals surface area contributed by atoms with Gasteiger partial charge in [-0.2, -0.15) is 13.2 Å². The zero-order valence-electron chi connectivity index (χ0n) is 14.0. The van der Waals surface area contributed by atoms with E-state index in [2.05, 4.69) is 21.8 Å². The maximum atomic E-state index is 12.8. The zero-order valence-corrected chi connectivity index (χ0v) is 14.0. The number of hydrogen-bond donors (Lipinski definition) is 1. The van der Waals surface area contributed by atoms with Gasteiger partial charge in [-0.1, -0.05) is 48.4 Å². The molecule has 0 atom stereocenters. The number of aromatic nitrogens is 2. The zero-order chi connectivity index (χ0) is 18.9. The van der Waals surface area contributed by atoms with E-state index in [0.29, 0.717) is 5.82 Å². The molecule has 4 aromatic rings. The Kier molecular flexibility index (Phi) is 4.17. The number of halogens is 3. The molecule has 0 bridgehead atoms. The Hall–Kier alpha value is -3.52.